The van der Waals surface area contributed by atoms with Crippen molar-refractivity contribution in [2.75, 3.05) is 0 Å². The third kappa shape index (κ3) is 3.11. The van der Waals surface area contributed by atoms with Crippen LogP contribution in [0.3, 0.4) is 0 Å². The van der Waals surface area contributed by atoms with Gasteiger partial charge in [-0.25, -0.2) is 4.98 Å². The molecule has 0 aliphatic heterocycles. The fourth-order valence-corrected chi connectivity index (χ4v) is 0.878. The molecule has 7 heteroatoms. The summed E-state index contributed by atoms with van der Waals surface area (Å²) in [5, 5.41) is 8.56. The van der Waals surface area contributed by atoms with Crippen LogP contribution in [0.15, 0.2) is 12.3 Å². The Labute approximate surface area is 83.1 Å². The highest BCUT2D eigenvalue weighted by Crippen LogP contribution is 2.24. The highest BCUT2D eigenvalue weighted by Gasteiger charge is 2.33. The van der Waals surface area contributed by atoms with Gasteiger partial charge in [-0.3, -0.25) is 0 Å². The SMILES string of the molecule is N#Cc1cc(CN)cnc1OC(F)(F)F. The van der Waals surface area contributed by atoms with E-state index in [1.165, 1.54) is 6.07 Å². The average molecular weight is 217 g/mol. The zero-order valence-corrected chi connectivity index (χ0v) is 7.38. The molecule has 0 atom stereocenters. The Balaban J connectivity index is 3.04. The van der Waals surface area contributed by atoms with Gasteiger partial charge < -0.3 is 10.5 Å². The molecule has 2 N–H and O–H groups in total. The van der Waals surface area contributed by atoms with Crippen molar-refractivity contribution in [1.82, 2.24) is 4.98 Å². The van der Waals surface area contributed by atoms with Crippen molar-refractivity contribution in [3.8, 4) is 11.9 Å². The molecule has 0 saturated heterocycles. The fraction of sp³-hybridized carbons (Fsp3) is 0.250. The standard InChI is InChI=1S/C8H6F3N3O/c9-8(10,11)15-7-6(3-13)1-5(2-12)4-14-7/h1,4H,2,12H2. The van der Waals surface area contributed by atoms with E-state index in [2.05, 4.69) is 9.72 Å². The molecule has 1 aromatic heterocycles. The van der Waals surface area contributed by atoms with E-state index in [-0.39, 0.29) is 12.1 Å². The Hall–Kier alpha value is -1.81. The van der Waals surface area contributed by atoms with Crippen LogP contribution in [0.5, 0.6) is 5.88 Å². The predicted octanol–water partition coefficient (Wildman–Crippen LogP) is 1.31. The minimum absolute atomic E-state index is 0.0912. The lowest BCUT2D eigenvalue weighted by Crippen LogP contribution is -2.19. The van der Waals surface area contributed by atoms with E-state index in [4.69, 9.17) is 11.0 Å². The Bertz CT molecular complexity index is 397. The van der Waals surface area contributed by atoms with Gasteiger partial charge in [0.25, 0.3) is 0 Å². The van der Waals surface area contributed by atoms with Crippen LogP contribution in [0.25, 0.3) is 0 Å². The van der Waals surface area contributed by atoms with E-state index in [9.17, 15) is 13.2 Å². The van der Waals surface area contributed by atoms with Crippen molar-refractivity contribution in [3.63, 3.8) is 0 Å². The minimum Gasteiger partial charge on any atom is -0.386 e. The van der Waals surface area contributed by atoms with E-state index in [0.717, 1.165) is 6.20 Å². The molecule has 0 amide bonds. The molecule has 0 spiro atoms. The van der Waals surface area contributed by atoms with Gasteiger partial charge in [0.1, 0.15) is 11.6 Å². The minimum atomic E-state index is -4.86. The molecule has 1 rings (SSSR count). The molecule has 15 heavy (non-hydrogen) atoms. The second kappa shape index (κ2) is 4.14. The number of hydrogen-bond donors (Lipinski definition) is 1. The lowest BCUT2D eigenvalue weighted by atomic mass is 10.2. The van der Waals surface area contributed by atoms with Crippen molar-refractivity contribution >= 4 is 0 Å². The number of alkyl halides is 3. The van der Waals surface area contributed by atoms with E-state index >= 15 is 0 Å². The van der Waals surface area contributed by atoms with E-state index in [1.54, 1.807) is 6.07 Å². The molecule has 0 bridgehead atoms. The zero-order chi connectivity index (χ0) is 11.5. The first-order valence-electron chi connectivity index (χ1n) is 3.81. The van der Waals surface area contributed by atoms with Gasteiger partial charge in [0.15, 0.2) is 0 Å². The van der Waals surface area contributed by atoms with Gasteiger partial charge in [-0.2, -0.15) is 5.26 Å². The summed E-state index contributed by atoms with van der Waals surface area (Å²) in [6.07, 6.45) is -3.73. The molecule has 4 nitrogen and oxygen atoms in total. The lowest BCUT2D eigenvalue weighted by Gasteiger charge is -2.09. The van der Waals surface area contributed by atoms with Crippen LogP contribution in [-0.4, -0.2) is 11.3 Å². The first-order chi connectivity index (χ1) is 6.96. The summed E-state index contributed by atoms with van der Waals surface area (Å²) in [4.78, 5) is 3.36. The zero-order valence-electron chi connectivity index (χ0n) is 7.38. The molecule has 0 unspecified atom stereocenters. The van der Waals surface area contributed by atoms with Crippen molar-refractivity contribution in [2.45, 2.75) is 12.9 Å². The van der Waals surface area contributed by atoms with E-state index in [1.807, 2.05) is 0 Å². The quantitative estimate of drug-likeness (QED) is 0.810. The molecule has 0 fully saturated rings. The molecular formula is C8H6F3N3O. The number of nitriles is 1. The first kappa shape index (κ1) is 11.3. The Morgan fingerprint density at radius 3 is 2.67 bits per heavy atom. The number of halogens is 3. The van der Waals surface area contributed by atoms with Crippen LogP contribution in [0.1, 0.15) is 11.1 Å². The molecular weight excluding hydrogens is 211 g/mol. The van der Waals surface area contributed by atoms with Gasteiger partial charge in [-0.05, 0) is 11.6 Å². The van der Waals surface area contributed by atoms with Gasteiger partial charge in [0.2, 0.25) is 5.88 Å². The molecule has 0 saturated carbocycles. The smallest absolute Gasteiger partial charge is 0.386 e. The van der Waals surface area contributed by atoms with Crippen LogP contribution in [0.4, 0.5) is 13.2 Å². The number of ether oxygens (including phenoxy) is 1. The van der Waals surface area contributed by atoms with Crippen LogP contribution >= 0.6 is 0 Å². The van der Waals surface area contributed by atoms with Crippen LogP contribution < -0.4 is 10.5 Å². The largest absolute Gasteiger partial charge is 0.574 e. The van der Waals surface area contributed by atoms with Crippen molar-refractivity contribution < 1.29 is 17.9 Å². The fourth-order valence-electron chi connectivity index (χ4n) is 0.878. The number of pyridine rings is 1. The number of rotatable bonds is 2. The molecule has 0 aliphatic rings. The third-order valence-corrected chi connectivity index (χ3v) is 1.48. The number of aromatic nitrogens is 1. The molecule has 0 aliphatic carbocycles. The topological polar surface area (TPSA) is 71.9 Å². The van der Waals surface area contributed by atoms with Gasteiger partial charge in [0.05, 0.1) is 0 Å². The summed E-state index contributed by atoms with van der Waals surface area (Å²) >= 11 is 0. The van der Waals surface area contributed by atoms with Crippen LogP contribution in [0, 0.1) is 11.3 Å². The monoisotopic (exact) mass is 217 g/mol. The summed E-state index contributed by atoms with van der Waals surface area (Å²) in [6.45, 7) is 0.0912. The normalized spacial score (nSPS) is 10.9. The summed E-state index contributed by atoms with van der Waals surface area (Å²) < 4.78 is 39.1. The molecule has 1 aromatic rings. The summed E-state index contributed by atoms with van der Waals surface area (Å²) in [5.41, 5.74) is 5.40. The molecule has 80 valence electrons. The highest BCUT2D eigenvalue weighted by atomic mass is 19.4. The maximum atomic E-state index is 11.8. The van der Waals surface area contributed by atoms with E-state index < -0.39 is 12.2 Å². The molecule has 0 aromatic carbocycles. The lowest BCUT2D eigenvalue weighted by molar-refractivity contribution is -0.276. The van der Waals surface area contributed by atoms with Crippen LogP contribution in [0.2, 0.25) is 0 Å². The number of nitrogens with two attached hydrogens (primary N) is 1. The van der Waals surface area contributed by atoms with Crippen molar-refractivity contribution in [2.24, 2.45) is 5.73 Å². The second-order valence-electron chi connectivity index (χ2n) is 2.56. The summed E-state index contributed by atoms with van der Waals surface area (Å²) in [5.74, 6) is -0.762. The van der Waals surface area contributed by atoms with E-state index in [0.29, 0.717) is 5.56 Å². The Morgan fingerprint density at radius 1 is 1.53 bits per heavy atom. The maximum absolute atomic E-state index is 11.8. The van der Waals surface area contributed by atoms with Crippen LogP contribution in [-0.2, 0) is 6.54 Å². The highest BCUT2D eigenvalue weighted by molar-refractivity contribution is 5.40. The number of hydrogen-bond acceptors (Lipinski definition) is 4. The maximum Gasteiger partial charge on any atom is 0.574 e. The van der Waals surface area contributed by atoms with Gasteiger partial charge in [-0.15, -0.1) is 13.2 Å². The average Bonchev–Trinajstić information content (AvgIpc) is 2.16. The Morgan fingerprint density at radius 2 is 2.20 bits per heavy atom. The number of nitrogens with zero attached hydrogens (tertiary/aromatic N) is 2. The van der Waals surface area contributed by atoms with Crippen molar-refractivity contribution in [1.29, 1.82) is 5.26 Å². The molecule has 1 heterocycles. The second-order valence-corrected chi connectivity index (χ2v) is 2.56. The summed E-state index contributed by atoms with van der Waals surface area (Å²) in [7, 11) is 0. The predicted molar refractivity (Wildman–Crippen MR) is 43.5 cm³/mol. The van der Waals surface area contributed by atoms with Gasteiger partial charge in [0, 0.05) is 12.7 Å². The molecule has 0 radical (unpaired) electrons. The van der Waals surface area contributed by atoms with Gasteiger partial charge >= 0.3 is 6.36 Å². The van der Waals surface area contributed by atoms with Crippen molar-refractivity contribution in [3.05, 3.63) is 23.4 Å². The Kier molecular flexibility index (Phi) is 3.11. The third-order valence-electron chi connectivity index (χ3n) is 1.48. The van der Waals surface area contributed by atoms with Gasteiger partial charge in [-0.1, -0.05) is 0 Å². The first-order valence-corrected chi connectivity index (χ1v) is 3.81. The summed E-state index contributed by atoms with van der Waals surface area (Å²) in [6, 6.07) is 2.75.